The van der Waals surface area contributed by atoms with Gasteiger partial charge in [0, 0.05) is 13.0 Å². The smallest absolute Gasteiger partial charge is 0.404 e. The highest BCUT2D eigenvalue weighted by Crippen LogP contribution is 1.99. The standard InChI is InChI=1S/C12H16N2O4/c15-11(7-4-8-13-12(16)17)14-18-9-10-5-2-1-3-6-10/h1-3,5-6,13H,4,7-9H2,(H,14,15)(H,16,17). The highest BCUT2D eigenvalue weighted by molar-refractivity contribution is 5.74. The Morgan fingerprint density at radius 1 is 1.22 bits per heavy atom. The summed E-state index contributed by atoms with van der Waals surface area (Å²) in [5.74, 6) is -0.266. The minimum Gasteiger partial charge on any atom is -0.465 e. The van der Waals surface area contributed by atoms with Gasteiger partial charge in [0.2, 0.25) is 5.91 Å². The summed E-state index contributed by atoms with van der Waals surface area (Å²) in [5, 5.41) is 10.5. The molecule has 0 aliphatic carbocycles. The molecule has 0 aromatic heterocycles. The van der Waals surface area contributed by atoms with E-state index >= 15 is 0 Å². The first-order chi connectivity index (χ1) is 8.68. The van der Waals surface area contributed by atoms with Crippen LogP contribution in [0.2, 0.25) is 0 Å². The van der Waals surface area contributed by atoms with Crippen molar-refractivity contribution in [3.05, 3.63) is 35.9 Å². The minimum absolute atomic E-state index is 0.217. The van der Waals surface area contributed by atoms with Crippen LogP contribution in [0.5, 0.6) is 0 Å². The maximum atomic E-state index is 11.3. The first-order valence-corrected chi connectivity index (χ1v) is 5.60. The van der Waals surface area contributed by atoms with Gasteiger partial charge in [-0.05, 0) is 12.0 Å². The number of hydrogen-bond acceptors (Lipinski definition) is 3. The topological polar surface area (TPSA) is 87.7 Å². The van der Waals surface area contributed by atoms with E-state index in [4.69, 9.17) is 9.94 Å². The summed E-state index contributed by atoms with van der Waals surface area (Å²) < 4.78 is 0. The van der Waals surface area contributed by atoms with E-state index < -0.39 is 6.09 Å². The van der Waals surface area contributed by atoms with Crippen LogP contribution in [0.1, 0.15) is 18.4 Å². The van der Waals surface area contributed by atoms with E-state index in [-0.39, 0.29) is 18.9 Å². The van der Waals surface area contributed by atoms with Crippen molar-refractivity contribution in [1.29, 1.82) is 0 Å². The van der Waals surface area contributed by atoms with Gasteiger partial charge < -0.3 is 10.4 Å². The number of carbonyl (C=O) groups excluding carboxylic acids is 1. The number of amides is 2. The fourth-order valence-electron chi connectivity index (χ4n) is 1.27. The molecule has 3 N–H and O–H groups in total. The Morgan fingerprint density at radius 2 is 1.94 bits per heavy atom. The van der Waals surface area contributed by atoms with Gasteiger partial charge in [-0.3, -0.25) is 9.63 Å². The Hall–Kier alpha value is -2.08. The van der Waals surface area contributed by atoms with Crippen LogP contribution in [0, 0.1) is 0 Å². The summed E-state index contributed by atoms with van der Waals surface area (Å²) in [7, 11) is 0. The van der Waals surface area contributed by atoms with Gasteiger partial charge in [0.15, 0.2) is 0 Å². The van der Waals surface area contributed by atoms with Crippen LogP contribution in [-0.2, 0) is 16.2 Å². The van der Waals surface area contributed by atoms with Crippen molar-refractivity contribution in [2.24, 2.45) is 0 Å². The van der Waals surface area contributed by atoms with E-state index in [0.717, 1.165) is 5.56 Å². The SMILES string of the molecule is O=C(O)NCCCC(=O)NOCc1ccccc1. The predicted molar refractivity (Wildman–Crippen MR) is 64.6 cm³/mol. The van der Waals surface area contributed by atoms with Gasteiger partial charge in [-0.15, -0.1) is 0 Å². The predicted octanol–water partition coefficient (Wildman–Crippen LogP) is 1.28. The van der Waals surface area contributed by atoms with E-state index in [1.54, 1.807) is 0 Å². The molecule has 2 amide bonds. The lowest BCUT2D eigenvalue weighted by atomic mass is 10.2. The van der Waals surface area contributed by atoms with E-state index in [2.05, 4.69) is 10.8 Å². The second-order valence-electron chi connectivity index (χ2n) is 3.63. The van der Waals surface area contributed by atoms with Gasteiger partial charge in [-0.25, -0.2) is 10.3 Å². The molecule has 18 heavy (non-hydrogen) atoms. The molecule has 0 saturated heterocycles. The molecule has 0 saturated carbocycles. The van der Waals surface area contributed by atoms with Gasteiger partial charge >= 0.3 is 6.09 Å². The Bertz CT molecular complexity index is 381. The van der Waals surface area contributed by atoms with Crippen molar-refractivity contribution < 1.29 is 19.5 Å². The van der Waals surface area contributed by atoms with E-state index in [1.165, 1.54) is 0 Å². The van der Waals surface area contributed by atoms with Crippen molar-refractivity contribution in [3.8, 4) is 0 Å². The summed E-state index contributed by atoms with van der Waals surface area (Å²) in [6, 6.07) is 9.46. The first-order valence-electron chi connectivity index (χ1n) is 5.60. The summed E-state index contributed by atoms with van der Waals surface area (Å²) >= 11 is 0. The average Bonchev–Trinajstić information content (AvgIpc) is 2.36. The molecule has 0 bridgehead atoms. The minimum atomic E-state index is -1.09. The van der Waals surface area contributed by atoms with E-state index in [9.17, 15) is 9.59 Å². The molecule has 0 fully saturated rings. The third kappa shape index (κ3) is 6.49. The average molecular weight is 252 g/mol. The molecule has 0 heterocycles. The van der Waals surface area contributed by atoms with Crippen molar-refractivity contribution in [1.82, 2.24) is 10.8 Å². The normalized spacial score (nSPS) is 9.78. The fourth-order valence-corrected chi connectivity index (χ4v) is 1.27. The second kappa shape index (κ2) is 8.08. The van der Waals surface area contributed by atoms with Gasteiger partial charge in [-0.1, -0.05) is 30.3 Å². The molecule has 0 aliphatic rings. The summed E-state index contributed by atoms with van der Waals surface area (Å²) in [6.45, 7) is 0.557. The number of carbonyl (C=O) groups is 2. The molecule has 1 aromatic carbocycles. The number of hydroxylamine groups is 1. The number of carboxylic acid groups (broad SMARTS) is 1. The van der Waals surface area contributed by atoms with Crippen LogP contribution in [-0.4, -0.2) is 23.7 Å². The lowest BCUT2D eigenvalue weighted by molar-refractivity contribution is -0.134. The number of nitrogens with one attached hydrogen (secondary N) is 2. The van der Waals surface area contributed by atoms with Crippen LogP contribution < -0.4 is 10.8 Å². The molecule has 1 rings (SSSR count). The molecule has 0 aliphatic heterocycles. The zero-order valence-electron chi connectivity index (χ0n) is 9.89. The molecule has 6 heteroatoms. The van der Waals surface area contributed by atoms with E-state index in [0.29, 0.717) is 13.0 Å². The molecule has 6 nitrogen and oxygen atoms in total. The molecule has 1 aromatic rings. The maximum Gasteiger partial charge on any atom is 0.404 e. The highest BCUT2D eigenvalue weighted by Gasteiger charge is 2.02. The van der Waals surface area contributed by atoms with Crippen LogP contribution in [0.25, 0.3) is 0 Å². The third-order valence-corrected chi connectivity index (χ3v) is 2.12. The largest absolute Gasteiger partial charge is 0.465 e. The van der Waals surface area contributed by atoms with Crippen LogP contribution >= 0.6 is 0 Å². The number of rotatable bonds is 7. The molecular weight excluding hydrogens is 236 g/mol. The third-order valence-electron chi connectivity index (χ3n) is 2.12. The second-order valence-corrected chi connectivity index (χ2v) is 3.63. The Balaban J connectivity index is 2.05. The van der Waals surface area contributed by atoms with Gasteiger partial charge in [0.25, 0.3) is 0 Å². The summed E-state index contributed by atoms with van der Waals surface area (Å²) in [6.07, 6.45) is -0.433. The lowest BCUT2D eigenvalue weighted by Crippen LogP contribution is -2.26. The summed E-state index contributed by atoms with van der Waals surface area (Å²) in [5.41, 5.74) is 3.27. The molecule has 0 spiro atoms. The van der Waals surface area contributed by atoms with Crippen LogP contribution in [0.3, 0.4) is 0 Å². The summed E-state index contributed by atoms with van der Waals surface area (Å²) in [4.78, 5) is 26.4. The lowest BCUT2D eigenvalue weighted by Gasteiger charge is -2.05. The Labute approximate surface area is 105 Å². The van der Waals surface area contributed by atoms with Gasteiger partial charge in [0.1, 0.15) is 0 Å². The molecular formula is C12H16N2O4. The zero-order chi connectivity index (χ0) is 13.2. The Morgan fingerprint density at radius 3 is 2.61 bits per heavy atom. The van der Waals surface area contributed by atoms with Crippen LogP contribution in [0.4, 0.5) is 4.79 Å². The number of hydrogen-bond donors (Lipinski definition) is 3. The first kappa shape index (κ1) is 14.0. The molecule has 0 unspecified atom stereocenters. The van der Waals surface area contributed by atoms with Crippen molar-refractivity contribution in [3.63, 3.8) is 0 Å². The van der Waals surface area contributed by atoms with Crippen molar-refractivity contribution in [2.75, 3.05) is 6.54 Å². The zero-order valence-corrected chi connectivity index (χ0v) is 9.89. The van der Waals surface area contributed by atoms with E-state index in [1.807, 2.05) is 30.3 Å². The van der Waals surface area contributed by atoms with Crippen molar-refractivity contribution >= 4 is 12.0 Å². The van der Waals surface area contributed by atoms with Crippen LogP contribution in [0.15, 0.2) is 30.3 Å². The van der Waals surface area contributed by atoms with Gasteiger partial charge in [0.05, 0.1) is 6.61 Å². The molecule has 98 valence electrons. The molecule has 0 radical (unpaired) electrons. The maximum absolute atomic E-state index is 11.3. The Kier molecular flexibility index (Phi) is 6.27. The quantitative estimate of drug-likeness (QED) is 0.504. The van der Waals surface area contributed by atoms with Gasteiger partial charge in [-0.2, -0.15) is 0 Å². The number of benzene rings is 1. The van der Waals surface area contributed by atoms with Crippen molar-refractivity contribution in [2.45, 2.75) is 19.4 Å². The fraction of sp³-hybridized carbons (Fsp3) is 0.333. The molecule has 0 atom stereocenters. The monoisotopic (exact) mass is 252 g/mol. The highest BCUT2D eigenvalue weighted by atomic mass is 16.6.